The van der Waals surface area contributed by atoms with E-state index in [-0.39, 0.29) is 17.8 Å². The van der Waals surface area contributed by atoms with Crippen molar-refractivity contribution in [3.63, 3.8) is 0 Å². The topological polar surface area (TPSA) is 89.8 Å². The molecule has 1 aromatic carbocycles. The van der Waals surface area contributed by atoms with Gasteiger partial charge in [0.15, 0.2) is 0 Å². The average molecular weight is 280 g/mol. The smallest absolute Gasteiger partial charge is 0.325 e. The number of amides is 1. The van der Waals surface area contributed by atoms with Gasteiger partial charge in [0.05, 0.1) is 12.0 Å². The fourth-order valence-corrected chi connectivity index (χ4v) is 1.72. The number of nitrogens with zero attached hydrogens (tertiary/aromatic N) is 2. The molecule has 0 spiro atoms. The maximum absolute atomic E-state index is 12.2. The van der Waals surface area contributed by atoms with Crippen molar-refractivity contribution in [2.45, 2.75) is 13.8 Å². The minimum Gasteiger partial charge on any atom is -0.468 e. The number of nitro benzene ring substituents is 1. The number of rotatable bonds is 5. The van der Waals surface area contributed by atoms with Gasteiger partial charge in [0.1, 0.15) is 6.54 Å². The molecule has 0 aromatic heterocycles. The van der Waals surface area contributed by atoms with E-state index in [0.29, 0.717) is 12.1 Å². The molecule has 0 saturated heterocycles. The molecule has 1 amide bonds. The lowest BCUT2D eigenvalue weighted by molar-refractivity contribution is -0.384. The number of carbonyl (C=O) groups is 2. The number of nitro groups is 1. The quantitative estimate of drug-likeness (QED) is 0.463. The molecular weight excluding hydrogens is 264 g/mol. The average Bonchev–Trinajstić information content (AvgIpc) is 2.42. The van der Waals surface area contributed by atoms with Gasteiger partial charge in [0.2, 0.25) is 0 Å². The van der Waals surface area contributed by atoms with E-state index in [9.17, 15) is 19.7 Å². The van der Waals surface area contributed by atoms with Crippen LogP contribution in [0.15, 0.2) is 18.2 Å². The third-order valence-corrected chi connectivity index (χ3v) is 2.74. The van der Waals surface area contributed by atoms with Crippen LogP contribution < -0.4 is 0 Å². The molecule has 0 unspecified atom stereocenters. The van der Waals surface area contributed by atoms with Crippen molar-refractivity contribution < 1.29 is 19.2 Å². The van der Waals surface area contributed by atoms with E-state index in [1.165, 1.54) is 24.1 Å². The number of hydrogen-bond acceptors (Lipinski definition) is 5. The van der Waals surface area contributed by atoms with Crippen LogP contribution in [0.3, 0.4) is 0 Å². The van der Waals surface area contributed by atoms with Crippen molar-refractivity contribution in [2.24, 2.45) is 0 Å². The van der Waals surface area contributed by atoms with E-state index < -0.39 is 16.8 Å². The monoisotopic (exact) mass is 280 g/mol. The molecule has 0 radical (unpaired) electrons. The Morgan fingerprint density at radius 2 is 2.00 bits per heavy atom. The summed E-state index contributed by atoms with van der Waals surface area (Å²) in [5.41, 5.74) is 0.640. The molecule has 0 aliphatic heterocycles. The van der Waals surface area contributed by atoms with Gasteiger partial charge in [0.25, 0.3) is 11.6 Å². The second-order valence-corrected chi connectivity index (χ2v) is 4.21. The highest BCUT2D eigenvalue weighted by molar-refractivity contribution is 5.96. The summed E-state index contributed by atoms with van der Waals surface area (Å²) < 4.78 is 4.51. The third kappa shape index (κ3) is 3.78. The summed E-state index contributed by atoms with van der Waals surface area (Å²) in [4.78, 5) is 35.0. The van der Waals surface area contributed by atoms with E-state index in [1.807, 2.05) is 0 Å². The summed E-state index contributed by atoms with van der Waals surface area (Å²) in [6, 6.07) is 4.14. The molecule has 0 fully saturated rings. The van der Waals surface area contributed by atoms with Crippen molar-refractivity contribution >= 4 is 17.6 Å². The van der Waals surface area contributed by atoms with Crippen LogP contribution in [0.2, 0.25) is 0 Å². The zero-order chi connectivity index (χ0) is 15.3. The Hall–Kier alpha value is -2.44. The number of benzene rings is 1. The molecule has 0 N–H and O–H groups in total. The first kappa shape index (κ1) is 15.6. The van der Waals surface area contributed by atoms with Gasteiger partial charge in [-0.15, -0.1) is 0 Å². The molecule has 7 heteroatoms. The number of likely N-dealkylation sites (N-methyl/N-ethyl adjacent to an activating group) is 1. The van der Waals surface area contributed by atoms with Gasteiger partial charge >= 0.3 is 5.97 Å². The first-order valence-corrected chi connectivity index (χ1v) is 6.01. The molecule has 20 heavy (non-hydrogen) atoms. The predicted octanol–water partition coefficient (Wildman–Crippen LogP) is 1.54. The van der Waals surface area contributed by atoms with Gasteiger partial charge in [-0.25, -0.2) is 0 Å². The summed E-state index contributed by atoms with van der Waals surface area (Å²) in [6.45, 7) is 3.49. The molecule has 7 nitrogen and oxygen atoms in total. The summed E-state index contributed by atoms with van der Waals surface area (Å²) in [5, 5.41) is 10.8. The van der Waals surface area contributed by atoms with Crippen LogP contribution in [-0.4, -0.2) is 41.9 Å². The van der Waals surface area contributed by atoms with Gasteiger partial charge in [-0.3, -0.25) is 19.7 Å². The first-order chi connectivity index (χ1) is 9.38. The SMILES string of the molecule is CCN(CC(=O)OC)C(=O)c1cc(C)cc([N+](=O)[O-])c1. The van der Waals surface area contributed by atoms with Crippen LogP contribution in [-0.2, 0) is 9.53 Å². The number of esters is 1. The maximum atomic E-state index is 12.2. The van der Waals surface area contributed by atoms with Crippen molar-refractivity contribution in [3.05, 3.63) is 39.4 Å². The van der Waals surface area contributed by atoms with Gasteiger partial charge in [-0.1, -0.05) is 0 Å². The second-order valence-electron chi connectivity index (χ2n) is 4.21. The zero-order valence-electron chi connectivity index (χ0n) is 11.6. The van der Waals surface area contributed by atoms with Gasteiger partial charge in [0, 0.05) is 24.2 Å². The minimum absolute atomic E-state index is 0.150. The molecule has 1 aromatic rings. The Morgan fingerprint density at radius 3 is 2.50 bits per heavy atom. The highest BCUT2D eigenvalue weighted by atomic mass is 16.6. The lowest BCUT2D eigenvalue weighted by atomic mass is 10.1. The van der Waals surface area contributed by atoms with Crippen LogP contribution in [0.4, 0.5) is 5.69 Å². The highest BCUT2D eigenvalue weighted by Crippen LogP contribution is 2.18. The fraction of sp³-hybridized carbons (Fsp3) is 0.385. The lowest BCUT2D eigenvalue weighted by Crippen LogP contribution is -2.36. The fourth-order valence-electron chi connectivity index (χ4n) is 1.72. The van der Waals surface area contributed by atoms with Gasteiger partial charge in [-0.2, -0.15) is 0 Å². The van der Waals surface area contributed by atoms with E-state index in [0.717, 1.165) is 0 Å². The first-order valence-electron chi connectivity index (χ1n) is 6.01. The Balaban J connectivity index is 3.06. The molecular formula is C13H16N2O5. The van der Waals surface area contributed by atoms with Crippen LogP contribution in [0.25, 0.3) is 0 Å². The van der Waals surface area contributed by atoms with Crippen molar-refractivity contribution in [1.29, 1.82) is 0 Å². The molecule has 0 saturated carbocycles. The number of hydrogen-bond donors (Lipinski definition) is 0. The van der Waals surface area contributed by atoms with Crippen LogP contribution in [0, 0.1) is 17.0 Å². The number of methoxy groups -OCH3 is 1. The Morgan fingerprint density at radius 1 is 1.35 bits per heavy atom. The summed E-state index contributed by atoms with van der Waals surface area (Å²) in [7, 11) is 1.23. The Bertz CT molecular complexity index is 542. The Labute approximate surface area is 116 Å². The highest BCUT2D eigenvalue weighted by Gasteiger charge is 2.20. The molecule has 0 aliphatic carbocycles. The maximum Gasteiger partial charge on any atom is 0.325 e. The van der Waals surface area contributed by atoms with E-state index in [1.54, 1.807) is 19.9 Å². The van der Waals surface area contributed by atoms with E-state index in [2.05, 4.69) is 4.74 Å². The minimum atomic E-state index is -0.555. The summed E-state index contributed by atoms with van der Waals surface area (Å²) in [6.07, 6.45) is 0. The van der Waals surface area contributed by atoms with Crippen LogP contribution in [0.5, 0.6) is 0 Å². The van der Waals surface area contributed by atoms with Crippen molar-refractivity contribution in [1.82, 2.24) is 4.90 Å². The molecule has 0 atom stereocenters. The van der Waals surface area contributed by atoms with E-state index >= 15 is 0 Å². The number of ether oxygens (including phenoxy) is 1. The molecule has 0 bridgehead atoms. The van der Waals surface area contributed by atoms with E-state index in [4.69, 9.17) is 0 Å². The number of aryl methyl sites for hydroxylation is 1. The standard InChI is InChI=1S/C13H16N2O5/c1-4-14(8-12(16)20-3)13(17)10-5-9(2)6-11(7-10)15(18)19/h5-7H,4,8H2,1-3H3. The molecule has 108 valence electrons. The van der Waals surface area contributed by atoms with Crippen molar-refractivity contribution in [2.75, 3.05) is 20.2 Å². The number of carbonyl (C=O) groups excluding carboxylic acids is 2. The number of non-ortho nitro benzene ring substituents is 1. The molecule has 0 heterocycles. The van der Waals surface area contributed by atoms with Crippen molar-refractivity contribution in [3.8, 4) is 0 Å². The van der Waals surface area contributed by atoms with Gasteiger partial charge < -0.3 is 9.64 Å². The molecule has 0 aliphatic rings. The van der Waals surface area contributed by atoms with Crippen LogP contribution >= 0.6 is 0 Å². The predicted molar refractivity (Wildman–Crippen MR) is 71.4 cm³/mol. The third-order valence-electron chi connectivity index (χ3n) is 2.74. The summed E-state index contributed by atoms with van der Waals surface area (Å²) >= 11 is 0. The normalized spacial score (nSPS) is 9.95. The Kier molecular flexibility index (Phi) is 5.19. The van der Waals surface area contributed by atoms with Gasteiger partial charge in [-0.05, 0) is 25.5 Å². The lowest BCUT2D eigenvalue weighted by Gasteiger charge is -2.19. The molecule has 1 rings (SSSR count). The van der Waals surface area contributed by atoms with Crippen LogP contribution in [0.1, 0.15) is 22.8 Å². The summed E-state index contributed by atoms with van der Waals surface area (Å²) in [5.74, 6) is -0.980. The second kappa shape index (κ2) is 6.65. The zero-order valence-corrected chi connectivity index (χ0v) is 11.6. The largest absolute Gasteiger partial charge is 0.468 e.